The Hall–Kier alpha value is -4.45. The summed E-state index contributed by atoms with van der Waals surface area (Å²) in [5, 5.41) is 1.14. The second-order valence-electron chi connectivity index (χ2n) is 7.99. The minimum Gasteiger partial charge on any atom is -0.472 e. The minimum absolute atomic E-state index is 0.325. The van der Waals surface area contributed by atoms with Crippen LogP contribution >= 0.6 is 0 Å². The summed E-state index contributed by atoms with van der Waals surface area (Å²) in [6.45, 7) is 8.08. The van der Waals surface area contributed by atoms with Gasteiger partial charge in [-0.1, -0.05) is 67.8 Å². The zero-order valence-electron chi connectivity index (χ0n) is 18.5. The van der Waals surface area contributed by atoms with E-state index in [9.17, 15) is 14.4 Å². The lowest BCUT2D eigenvalue weighted by molar-refractivity contribution is 0.187. The molecule has 3 aliphatic rings. The molecular formula is C30H21O4. The van der Waals surface area contributed by atoms with Crippen LogP contribution in [-0.2, 0) is 14.4 Å². The highest BCUT2D eigenvalue weighted by molar-refractivity contribution is 5.79. The molecule has 0 fully saturated rings. The van der Waals surface area contributed by atoms with E-state index >= 15 is 0 Å². The SMILES string of the molecule is C=c1c[c]cc(OC(C2=CC=CCC2=C=O)(C2=CC=CCC2=C=O)C2=CC=CCC2=C=O)c1=C. The Labute approximate surface area is 197 Å². The Kier molecular flexibility index (Phi) is 6.41. The molecule has 3 aliphatic carbocycles. The smallest absolute Gasteiger partial charge is 0.187 e. The Morgan fingerprint density at radius 3 is 1.59 bits per heavy atom. The van der Waals surface area contributed by atoms with E-state index in [-0.39, 0.29) is 0 Å². The molecule has 4 heteroatoms. The molecule has 0 heterocycles. The normalized spacial score (nSPS) is 18.7. The minimum atomic E-state index is -1.54. The van der Waals surface area contributed by atoms with E-state index in [4.69, 9.17) is 4.74 Å². The van der Waals surface area contributed by atoms with Gasteiger partial charge in [0.05, 0.1) is 0 Å². The average Bonchev–Trinajstić information content (AvgIpc) is 2.89. The van der Waals surface area contributed by atoms with Crippen molar-refractivity contribution >= 4 is 31.0 Å². The van der Waals surface area contributed by atoms with Crippen LogP contribution in [0.3, 0.4) is 0 Å². The summed E-state index contributed by atoms with van der Waals surface area (Å²) < 4.78 is 6.79. The summed E-state index contributed by atoms with van der Waals surface area (Å²) in [5.41, 5.74) is 0.936. The fourth-order valence-corrected chi connectivity index (χ4v) is 4.37. The van der Waals surface area contributed by atoms with Gasteiger partial charge in [-0.15, -0.1) is 0 Å². The van der Waals surface area contributed by atoms with Gasteiger partial charge in [0.25, 0.3) is 0 Å². The van der Waals surface area contributed by atoms with Crippen molar-refractivity contribution in [2.24, 2.45) is 0 Å². The lowest BCUT2D eigenvalue weighted by atomic mass is 9.68. The molecule has 1 aromatic carbocycles. The monoisotopic (exact) mass is 445 g/mol. The van der Waals surface area contributed by atoms with Gasteiger partial charge in [-0.2, -0.15) is 0 Å². The van der Waals surface area contributed by atoms with E-state index in [2.05, 4.69) is 19.2 Å². The van der Waals surface area contributed by atoms with Gasteiger partial charge in [-0.3, -0.25) is 0 Å². The Morgan fingerprint density at radius 1 is 0.735 bits per heavy atom. The highest BCUT2D eigenvalue weighted by atomic mass is 16.5. The van der Waals surface area contributed by atoms with Crippen LogP contribution in [0.25, 0.3) is 13.2 Å². The summed E-state index contributed by atoms with van der Waals surface area (Å²) in [7, 11) is 0. The zero-order chi connectivity index (χ0) is 24.1. The van der Waals surface area contributed by atoms with Gasteiger partial charge in [0.15, 0.2) is 5.60 Å². The Balaban J connectivity index is 2.18. The molecule has 0 N–H and O–H groups in total. The number of hydrogen-bond acceptors (Lipinski definition) is 4. The van der Waals surface area contributed by atoms with Crippen molar-refractivity contribution in [1.82, 2.24) is 0 Å². The van der Waals surface area contributed by atoms with E-state index < -0.39 is 5.60 Å². The Bertz CT molecular complexity index is 1360. The van der Waals surface area contributed by atoms with Crippen LogP contribution in [0.15, 0.2) is 100 Å². The quantitative estimate of drug-likeness (QED) is 0.653. The molecule has 0 aromatic heterocycles. The van der Waals surface area contributed by atoms with E-state index in [0.717, 1.165) is 0 Å². The molecule has 4 rings (SSSR count). The van der Waals surface area contributed by atoms with Crippen molar-refractivity contribution in [2.75, 3.05) is 0 Å². The third-order valence-electron chi connectivity index (χ3n) is 6.07. The largest absolute Gasteiger partial charge is 0.472 e. The molecule has 0 atom stereocenters. The first-order chi connectivity index (χ1) is 16.6. The first kappa shape index (κ1) is 22.7. The number of ether oxygens (including phenoxy) is 1. The van der Waals surface area contributed by atoms with Crippen LogP contribution < -0.4 is 15.2 Å². The molecule has 0 saturated carbocycles. The van der Waals surface area contributed by atoms with Gasteiger partial charge < -0.3 is 4.74 Å². The molecule has 1 radical (unpaired) electrons. The summed E-state index contributed by atoms with van der Waals surface area (Å²) in [6, 6.07) is 6.31. The molecular weight excluding hydrogens is 424 g/mol. The Morgan fingerprint density at radius 2 is 1.18 bits per heavy atom. The van der Waals surface area contributed by atoms with Gasteiger partial charge in [0, 0.05) is 57.9 Å². The fourth-order valence-electron chi connectivity index (χ4n) is 4.37. The molecule has 0 amide bonds. The van der Waals surface area contributed by atoms with Gasteiger partial charge in [0.1, 0.15) is 23.6 Å². The van der Waals surface area contributed by atoms with Crippen LogP contribution in [0.5, 0.6) is 5.75 Å². The molecule has 0 spiro atoms. The van der Waals surface area contributed by atoms with Crippen molar-refractivity contribution in [1.29, 1.82) is 0 Å². The average molecular weight is 445 g/mol. The van der Waals surface area contributed by atoms with Gasteiger partial charge in [-0.05, 0) is 23.4 Å². The lowest BCUT2D eigenvalue weighted by Gasteiger charge is -2.42. The molecule has 34 heavy (non-hydrogen) atoms. The second kappa shape index (κ2) is 9.58. The summed E-state index contributed by atoms with van der Waals surface area (Å²) >= 11 is 0. The lowest BCUT2D eigenvalue weighted by Crippen LogP contribution is -2.47. The van der Waals surface area contributed by atoms with E-state index in [1.54, 1.807) is 30.4 Å². The zero-order valence-corrected chi connectivity index (χ0v) is 18.5. The molecule has 4 nitrogen and oxygen atoms in total. The van der Waals surface area contributed by atoms with Crippen LogP contribution in [0.1, 0.15) is 19.3 Å². The number of rotatable bonds is 5. The summed E-state index contributed by atoms with van der Waals surface area (Å²) in [5.74, 6) is 6.48. The predicted octanol–water partition coefficient (Wildman–Crippen LogP) is 3.36. The van der Waals surface area contributed by atoms with Crippen LogP contribution in [0.2, 0.25) is 0 Å². The second-order valence-corrected chi connectivity index (χ2v) is 7.99. The topological polar surface area (TPSA) is 60.4 Å². The maximum atomic E-state index is 12.1. The van der Waals surface area contributed by atoms with Gasteiger partial charge >= 0.3 is 0 Å². The van der Waals surface area contributed by atoms with Crippen LogP contribution in [0, 0.1) is 6.07 Å². The highest BCUT2D eigenvalue weighted by Gasteiger charge is 2.49. The number of allylic oxidation sites excluding steroid dienone is 9. The fraction of sp³-hybridized carbons (Fsp3) is 0.133. The van der Waals surface area contributed by atoms with E-state index in [1.165, 1.54) is 0 Å². The maximum Gasteiger partial charge on any atom is 0.187 e. The van der Waals surface area contributed by atoms with Gasteiger partial charge in [-0.25, -0.2) is 14.4 Å². The van der Waals surface area contributed by atoms with Crippen molar-refractivity contribution < 1.29 is 19.1 Å². The number of carbonyl (C=O) groups excluding carboxylic acids is 3. The van der Waals surface area contributed by atoms with E-state index in [0.29, 0.717) is 68.9 Å². The standard InChI is InChI=1S/C30H21O4/c1-21-10-9-17-29(22(21)2)34-30(26-14-6-3-11-23(26)18-31,27-15-7-4-12-24(27)19-32)28-16-8-5-13-25(28)20-33/h3-8,10,14-17H,1-2,11-13H2. The molecule has 0 unspecified atom stereocenters. The van der Waals surface area contributed by atoms with Crippen molar-refractivity contribution in [2.45, 2.75) is 24.9 Å². The van der Waals surface area contributed by atoms with Crippen molar-refractivity contribution in [3.63, 3.8) is 0 Å². The molecule has 0 saturated heterocycles. The van der Waals surface area contributed by atoms with Crippen LogP contribution in [0.4, 0.5) is 0 Å². The third-order valence-corrected chi connectivity index (χ3v) is 6.07. The van der Waals surface area contributed by atoms with Crippen LogP contribution in [-0.4, -0.2) is 23.4 Å². The first-order valence-corrected chi connectivity index (χ1v) is 10.8. The van der Waals surface area contributed by atoms with Gasteiger partial charge in [0.2, 0.25) is 0 Å². The molecule has 1 aromatic rings. The molecule has 0 bridgehead atoms. The van der Waals surface area contributed by atoms with Crippen molar-refractivity contribution in [3.8, 4) is 5.75 Å². The third kappa shape index (κ3) is 3.79. The first-order valence-electron chi connectivity index (χ1n) is 10.8. The molecule has 0 aliphatic heterocycles. The predicted molar refractivity (Wildman–Crippen MR) is 132 cm³/mol. The van der Waals surface area contributed by atoms with Crippen molar-refractivity contribution in [3.05, 3.63) is 117 Å². The number of hydrogen-bond donors (Lipinski definition) is 0. The number of benzene rings is 1. The molecule has 165 valence electrons. The highest BCUT2D eigenvalue weighted by Crippen LogP contribution is 2.48. The summed E-state index contributed by atoms with van der Waals surface area (Å²) in [6.07, 6.45) is 17.2. The van der Waals surface area contributed by atoms with E-state index in [1.807, 2.05) is 54.3 Å². The maximum absolute atomic E-state index is 12.1. The summed E-state index contributed by atoms with van der Waals surface area (Å²) in [4.78, 5) is 36.3.